The van der Waals surface area contributed by atoms with Crippen molar-refractivity contribution in [2.45, 2.75) is 0 Å². The maximum absolute atomic E-state index is 10.9. The molecule has 0 heterocycles. The third kappa shape index (κ3) is 2.07. The fourth-order valence-corrected chi connectivity index (χ4v) is 1.73. The highest BCUT2D eigenvalue weighted by Crippen LogP contribution is 2.28. The van der Waals surface area contributed by atoms with Gasteiger partial charge >= 0.3 is 0 Å². The quantitative estimate of drug-likeness (QED) is 0.449. The maximum Gasteiger partial charge on any atom is 0.277 e. The largest absolute Gasteiger partial charge is 0.277 e. The smallest absolute Gasteiger partial charge is 0.258 e. The van der Waals surface area contributed by atoms with E-state index < -0.39 is 0 Å². The van der Waals surface area contributed by atoms with Crippen LogP contribution < -0.4 is 0 Å². The normalized spacial score (nSPS) is 9.71. The number of aliphatic imine (C=N–C) groups is 1. The number of benzene rings is 2. The average molecular weight is 226 g/mol. The molecule has 0 bridgehead atoms. The summed E-state index contributed by atoms with van der Waals surface area (Å²) in [5.41, 5.74) is 0.989. The molecule has 0 unspecified atom stereocenters. The van der Waals surface area contributed by atoms with E-state index in [1.54, 1.807) is 31.3 Å². The van der Waals surface area contributed by atoms with Crippen LogP contribution in [0.1, 0.15) is 5.56 Å². The molecule has 0 aliphatic heterocycles. The Bertz CT molecular complexity index is 641. The zero-order valence-electron chi connectivity index (χ0n) is 9.25. The van der Waals surface area contributed by atoms with Gasteiger partial charge in [0.2, 0.25) is 0 Å². The van der Waals surface area contributed by atoms with Crippen molar-refractivity contribution in [1.82, 2.24) is 0 Å². The van der Waals surface area contributed by atoms with Gasteiger partial charge in [-0.3, -0.25) is 10.1 Å². The van der Waals surface area contributed by atoms with Crippen molar-refractivity contribution in [3.05, 3.63) is 52.1 Å². The summed E-state index contributed by atoms with van der Waals surface area (Å²) in [5.74, 6) is 2.74. The third-order valence-electron chi connectivity index (χ3n) is 2.48. The molecule has 17 heavy (non-hydrogen) atoms. The first-order valence-electron chi connectivity index (χ1n) is 5.07. The Hall–Kier alpha value is -2.45. The van der Waals surface area contributed by atoms with Crippen LogP contribution in [0.4, 0.5) is 5.69 Å². The fourth-order valence-electron chi connectivity index (χ4n) is 1.73. The van der Waals surface area contributed by atoms with Crippen molar-refractivity contribution in [3.8, 4) is 0 Å². The van der Waals surface area contributed by atoms with Crippen LogP contribution in [-0.4, -0.2) is 17.8 Å². The van der Waals surface area contributed by atoms with Gasteiger partial charge in [0.1, 0.15) is 0 Å². The number of nitro groups is 1. The van der Waals surface area contributed by atoms with Crippen molar-refractivity contribution in [3.63, 3.8) is 0 Å². The lowest BCUT2D eigenvalue weighted by Gasteiger charge is -2.02. The lowest BCUT2D eigenvalue weighted by molar-refractivity contribution is -0.383. The monoisotopic (exact) mass is 226 g/mol. The van der Waals surface area contributed by atoms with Gasteiger partial charge in [-0.2, -0.15) is 0 Å². The highest BCUT2D eigenvalue weighted by molar-refractivity contribution is 5.99. The molecule has 4 heteroatoms. The Balaban J connectivity index is 2.79. The highest BCUT2D eigenvalue weighted by Gasteiger charge is 2.12. The van der Waals surface area contributed by atoms with Gasteiger partial charge in [-0.15, -0.1) is 0 Å². The van der Waals surface area contributed by atoms with Gasteiger partial charge in [0.25, 0.3) is 5.69 Å². The lowest BCUT2D eigenvalue weighted by atomic mass is 10.0. The summed E-state index contributed by atoms with van der Waals surface area (Å²) in [6.07, 6.45) is 1.71. The predicted octanol–water partition coefficient (Wildman–Crippen LogP) is 3.06. The van der Waals surface area contributed by atoms with Crippen molar-refractivity contribution in [2.75, 3.05) is 7.05 Å². The second-order valence-corrected chi connectivity index (χ2v) is 3.47. The summed E-state index contributed by atoms with van der Waals surface area (Å²) in [6, 6.07) is 10.5. The molecule has 0 aliphatic rings. The minimum Gasteiger partial charge on any atom is -0.258 e. The van der Waals surface area contributed by atoms with Crippen molar-refractivity contribution >= 4 is 28.4 Å². The molecular formula is C13H10N2O2. The molecule has 0 aliphatic carbocycles. The van der Waals surface area contributed by atoms with E-state index in [4.69, 9.17) is 0 Å². The molecule has 2 rings (SSSR count). The van der Waals surface area contributed by atoms with Crippen LogP contribution >= 0.6 is 0 Å². The van der Waals surface area contributed by atoms with Gasteiger partial charge in [0, 0.05) is 19.2 Å². The van der Waals surface area contributed by atoms with Gasteiger partial charge in [-0.1, -0.05) is 18.2 Å². The molecule has 0 radical (unpaired) electrons. The molecule has 2 aromatic carbocycles. The zero-order valence-corrected chi connectivity index (χ0v) is 9.25. The minimum atomic E-state index is -0.371. The number of non-ortho nitro benzene ring substituents is 1. The molecule has 0 fully saturated rings. The van der Waals surface area contributed by atoms with Crippen molar-refractivity contribution in [2.24, 2.45) is 4.99 Å². The van der Waals surface area contributed by atoms with Crippen LogP contribution in [0.2, 0.25) is 0 Å². The number of hydrogen-bond acceptors (Lipinski definition) is 3. The van der Waals surface area contributed by atoms with E-state index in [1.165, 1.54) is 6.07 Å². The Kier molecular flexibility index (Phi) is 2.99. The Morgan fingerprint density at radius 1 is 1.24 bits per heavy atom. The summed E-state index contributed by atoms with van der Waals surface area (Å²) in [6.45, 7) is 0. The SMILES string of the molecule is CN=C=Cc1ccc([N+](=O)[O-])c2ccccc12. The summed E-state index contributed by atoms with van der Waals surface area (Å²) >= 11 is 0. The summed E-state index contributed by atoms with van der Waals surface area (Å²) in [7, 11) is 1.63. The van der Waals surface area contributed by atoms with Gasteiger partial charge in [0.05, 0.1) is 10.3 Å². The molecular weight excluding hydrogens is 216 g/mol. The van der Waals surface area contributed by atoms with Gasteiger partial charge in [-0.05, 0) is 29.0 Å². The van der Waals surface area contributed by atoms with E-state index in [0.717, 1.165) is 10.9 Å². The van der Waals surface area contributed by atoms with Crippen molar-refractivity contribution in [1.29, 1.82) is 0 Å². The molecule has 0 atom stereocenters. The van der Waals surface area contributed by atoms with E-state index in [-0.39, 0.29) is 10.6 Å². The first kappa shape index (κ1) is 11.0. The average Bonchev–Trinajstić information content (AvgIpc) is 2.35. The molecule has 84 valence electrons. The number of nitrogens with zero attached hydrogens (tertiary/aromatic N) is 2. The third-order valence-corrected chi connectivity index (χ3v) is 2.48. The molecule has 0 saturated heterocycles. The summed E-state index contributed by atoms with van der Waals surface area (Å²) in [4.78, 5) is 14.3. The highest BCUT2D eigenvalue weighted by atomic mass is 16.6. The molecule has 0 amide bonds. The Morgan fingerprint density at radius 3 is 2.59 bits per heavy atom. The zero-order chi connectivity index (χ0) is 12.3. The minimum absolute atomic E-state index is 0.117. The molecule has 0 N–H and O–H groups in total. The Morgan fingerprint density at radius 2 is 1.94 bits per heavy atom. The standard InChI is InChI=1S/C13H10N2O2/c1-14-9-8-10-6-7-13(15(16)17)12-5-3-2-4-11(10)12/h2-8H,1H3. The molecule has 2 aromatic rings. The molecule has 0 spiro atoms. The molecule has 4 nitrogen and oxygen atoms in total. The Labute approximate surface area is 98.1 Å². The summed E-state index contributed by atoms with van der Waals surface area (Å²) < 4.78 is 0. The van der Waals surface area contributed by atoms with E-state index >= 15 is 0 Å². The number of rotatable bonds is 2. The summed E-state index contributed by atoms with van der Waals surface area (Å²) in [5, 5.41) is 12.4. The van der Waals surface area contributed by atoms with Crippen LogP contribution in [0.3, 0.4) is 0 Å². The molecule has 0 saturated carbocycles. The molecule has 0 aromatic heterocycles. The van der Waals surface area contributed by atoms with Crippen LogP contribution in [0.25, 0.3) is 16.8 Å². The lowest BCUT2D eigenvalue weighted by Crippen LogP contribution is -1.90. The topological polar surface area (TPSA) is 55.5 Å². The first-order chi connectivity index (χ1) is 8.24. The number of nitro benzene ring substituents is 1. The second-order valence-electron chi connectivity index (χ2n) is 3.47. The van der Waals surface area contributed by atoms with Crippen LogP contribution in [0.5, 0.6) is 0 Å². The predicted molar refractivity (Wildman–Crippen MR) is 68.4 cm³/mol. The number of hydrogen-bond donors (Lipinski definition) is 0. The van der Waals surface area contributed by atoms with E-state index in [9.17, 15) is 10.1 Å². The van der Waals surface area contributed by atoms with E-state index in [1.807, 2.05) is 12.1 Å². The van der Waals surface area contributed by atoms with E-state index in [0.29, 0.717) is 5.39 Å². The van der Waals surface area contributed by atoms with Crippen LogP contribution in [0.15, 0.2) is 41.4 Å². The van der Waals surface area contributed by atoms with Crippen LogP contribution in [-0.2, 0) is 0 Å². The van der Waals surface area contributed by atoms with E-state index in [2.05, 4.69) is 10.9 Å². The first-order valence-corrected chi connectivity index (χ1v) is 5.07. The van der Waals surface area contributed by atoms with Crippen LogP contribution in [0, 0.1) is 10.1 Å². The van der Waals surface area contributed by atoms with Crippen molar-refractivity contribution < 1.29 is 4.92 Å². The maximum atomic E-state index is 10.9. The fraction of sp³-hybridized carbons (Fsp3) is 0.0769. The van der Waals surface area contributed by atoms with Gasteiger partial charge in [0.15, 0.2) is 0 Å². The number of fused-ring (bicyclic) bond motifs is 1. The van der Waals surface area contributed by atoms with Gasteiger partial charge < -0.3 is 0 Å². The van der Waals surface area contributed by atoms with Gasteiger partial charge in [-0.25, -0.2) is 4.99 Å². The second kappa shape index (κ2) is 4.60.